The summed E-state index contributed by atoms with van der Waals surface area (Å²) < 4.78 is 10.7. The summed E-state index contributed by atoms with van der Waals surface area (Å²) in [5, 5.41) is 7.23. The minimum Gasteiger partial charge on any atom is -0.496 e. The minimum absolute atomic E-state index is 0.00838. The first kappa shape index (κ1) is 21.3. The molecule has 4 atom stereocenters. The topological polar surface area (TPSA) is 59.6 Å². The van der Waals surface area contributed by atoms with Crippen LogP contribution in [0.15, 0.2) is 48.5 Å². The maximum Gasteiger partial charge on any atom is 0.311 e. The predicted molar refractivity (Wildman–Crippen MR) is 115 cm³/mol. The van der Waals surface area contributed by atoms with Gasteiger partial charge in [0.05, 0.1) is 20.1 Å². The van der Waals surface area contributed by atoms with Gasteiger partial charge in [-0.15, -0.1) is 0 Å². The molecule has 0 aromatic heterocycles. The highest BCUT2D eigenvalue weighted by Gasteiger charge is 2.45. The monoisotopic (exact) mass is 396 g/mol. The number of hydrogen-bond acceptors (Lipinski definition) is 5. The largest absolute Gasteiger partial charge is 0.496 e. The van der Waals surface area contributed by atoms with Crippen LogP contribution in [0.5, 0.6) is 5.75 Å². The van der Waals surface area contributed by atoms with E-state index < -0.39 is 0 Å². The van der Waals surface area contributed by atoms with E-state index in [1.165, 1.54) is 12.7 Å². The van der Waals surface area contributed by atoms with Crippen LogP contribution in [-0.4, -0.2) is 32.3 Å². The fraction of sp³-hybridized carbons (Fsp3) is 0.458. The van der Waals surface area contributed by atoms with E-state index in [4.69, 9.17) is 9.47 Å². The van der Waals surface area contributed by atoms with Gasteiger partial charge in [0.15, 0.2) is 0 Å². The second-order valence-electron chi connectivity index (χ2n) is 8.03. The summed E-state index contributed by atoms with van der Waals surface area (Å²) in [5.41, 5.74) is 3.52. The molecule has 0 aliphatic carbocycles. The molecule has 2 aromatic rings. The number of carbonyl (C=O) groups excluding carboxylic acids is 1. The molecule has 3 rings (SSSR count). The van der Waals surface area contributed by atoms with Crippen molar-refractivity contribution in [2.45, 2.75) is 51.4 Å². The third-order valence-corrected chi connectivity index (χ3v) is 5.86. The lowest BCUT2D eigenvalue weighted by Crippen LogP contribution is -2.42. The van der Waals surface area contributed by atoms with Crippen LogP contribution in [0.1, 0.15) is 49.4 Å². The molecule has 1 saturated heterocycles. The molecule has 2 N–H and O–H groups in total. The summed E-state index contributed by atoms with van der Waals surface area (Å²) in [6.07, 6.45) is 0. The minimum atomic E-state index is -0.274. The van der Waals surface area contributed by atoms with Crippen LogP contribution in [0, 0.1) is 5.92 Å². The van der Waals surface area contributed by atoms with E-state index >= 15 is 0 Å². The average molecular weight is 397 g/mol. The summed E-state index contributed by atoms with van der Waals surface area (Å²) in [7, 11) is 3.15. The number of ether oxygens (including phenoxy) is 2. The van der Waals surface area contributed by atoms with Crippen molar-refractivity contribution in [3.05, 3.63) is 65.2 Å². The SMILES string of the molecule is COC(=O)[C@H]1[C@H](NCc2cc(C(C)C)ccc2OC)[C@H](c2ccccc2)N[C@@H]1C. The highest BCUT2D eigenvalue weighted by Crippen LogP contribution is 2.33. The molecule has 0 spiro atoms. The van der Waals surface area contributed by atoms with E-state index in [0.29, 0.717) is 12.5 Å². The first-order chi connectivity index (χ1) is 14.0. The van der Waals surface area contributed by atoms with Crippen LogP contribution in [0.2, 0.25) is 0 Å². The van der Waals surface area contributed by atoms with E-state index in [-0.39, 0.29) is 30.0 Å². The lowest BCUT2D eigenvalue weighted by Gasteiger charge is -2.25. The van der Waals surface area contributed by atoms with Crippen molar-refractivity contribution in [3.8, 4) is 5.75 Å². The molecule has 1 fully saturated rings. The lowest BCUT2D eigenvalue weighted by molar-refractivity contribution is -0.146. The molecule has 2 aromatic carbocycles. The number of nitrogens with one attached hydrogen (secondary N) is 2. The molecule has 156 valence electrons. The van der Waals surface area contributed by atoms with Gasteiger partial charge in [-0.3, -0.25) is 4.79 Å². The Morgan fingerprint density at radius 1 is 1.14 bits per heavy atom. The van der Waals surface area contributed by atoms with Crippen molar-refractivity contribution in [3.63, 3.8) is 0 Å². The van der Waals surface area contributed by atoms with Crippen LogP contribution >= 0.6 is 0 Å². The summed E-state index contributed by atoms with van der Waals surface area (Å²) in [6.45, 7) is 7.01. The highest BCUT2D eigenvalue weighted by atomic mass is 16.5. The molecule has 29 heavy (non-hydrogen) atoms. The number of hydrogen-bond donors (Lipinski definition) is 2. The summed E-state index contributed by atoms with van der Waals surface area (Å²) in [6, 6.07) is 16.5. The smallest absolute Gasteiger partial charge is 0.311 e. The Kier molecular flexibility index (Phi) is 6.93. The second kappa shape index (κ2) is 9.42. The Morgan fingerprint density at radius 2 is 1.86 bits per heavy atom. The first-order valence-electron chi connectivity index (χ1n) is 10.2. The first-order valence-corrected chi connectivity index (χ1v) is 10.2. The van der Waals surface area contributed by atoms with Crippen LogP contribution in [0.25, 0.3) is 0 Å². The summed E-state index contributed by atoms with van der Waals surface area (Å²) >= 11 is 0. The van der Waals surface area contributed by atoms with Crippen LogP contribution in [0.3, 0.4) is 0 Å². The van der Waals surface area contributed by atoms with Gasteiger partial charge in [0, 0.05) is 30.2 Å². The van der Waals surface area contributed by atoms with Crippen molar-refractivity contribution in [2.24, 2.45) is 5.92 Å². The average Bonchev–Trinajstić information content (AvgIpc) is 3.08. The Bertz CT molecular complexity index is 822. The van der Waals surface area contributed by atoms with Gasteiger partial charge in [-0.25, -0.2) is 0 Å². The Labute approximate surface area is 173 Å². The van der Waals surface area contributed by atoms with Gasteiger partial charge in [-0.05, 0) is 30.0 Å². The molecular formula is C24H32N2O3. The summed E-state index contributed by atoms with van der Waals surface area (Å²) in [4.78, 5) is 12.6. The number of carbonyl (C=O) groups is 1. The molecule has 0 bridgehead atoms. The van der Waals surface area contributed by atoms with Crippen molar-refractivity contribution in [2.75, 3.05) is 14.2 Å². The molecule has 1 aliphatic heterocycles. The normalized spacial score (nSPS) is 23.9. The summed E-state index contributed by atoms with van der Waals surface area (Å²) in [5.74, 6) is 0.827. The standard InChI is InChI=1S/C24H32N2O3/c1-15(2)18-11-12-20(28-4)19(13-18)14-25-23-21(24(27)29-5)16(3)26-22(23)17-9-7-6-8-10-17/h6-13,15-16,21-23,25-26H,14H2,1-5H3/t16-,21-,22+,23+/m1/s1. The molecule has 5 nitrogen and oxygen atoms in total. The van der Waals surface area contributed by atoms with Crippen molar-refractivity contribution < 1.29 is 14.3 Å². The van der Waals surface area contributed by atoms with Gasteiger partial charge in [0.2, 0.25) is 0 Å². The van der Waals surface area contributed by atoms with Gasteiger partial charge < -0.3 is 20.1 Å². The maximum absolute atomic E-state index is 12.6. The molecule has 0 amide bonds. The van der Waals surface area contributed by atoms with Gasteiger partial charge in [0.25, 0.3) is 0 Å². The lowest BCUT2D eigenvalue weighted by atomic mass is 9.90. The van der Waals surface area contributed by atoms with Gasteiger partial charge in [0.1, 0.15) is 5.75 Å². The zero-order valence-electron chi connectivity index (χ0n) is 17.9. The third kappa shape index (κ3) is 4.62. The number of benzene rings is 2. The van der Waals surface area contributed by atoms with E-state index in [0.717, 1.165) is 16.9 Å². The highest BCUT2D eigenvalue weighted by molar-refractivity contribution is 5.75. The van der Waals surface area contributed by atoms with E-state index in [1.807, 2.05) is 31.2 Å². The quantitative estimate of drug-likeness (QED) is 0.697. The van der Waals surface area contributed by atoms with E-state index in [2.05, 4.69) is 48.7 Å². The van der Waals surface area contributed by atoms with Gasteiger partial charge >= 0.3 is 5.97 Å². The predicted octanol–water partition coefficient (Wildman–Crippen LogP) is 3.80. The Balaban J connectivity index is 1.88. The van der Waals surface area contributed by atoms with Crippen molar-refractivity contribution in [1.82, 2.24) is 10.6 Å². The Morgan fingerprint density at radius 3 is 2.48 bits per heavy atom. The van der Waals surface area contributed by atoms with Gasteiger partial charge in [-0.2, -0.15) is 0 Å². The van der Waals surface area contributed by atoms with E-state index in [9.17, 15) is 4.79 Å². The van der Waals surface area contributed by atoms with E-state index in [1.54, 1.807) is 7.11 Å². The molecule has 0 unspecified atom stereocenters. The second-order valence-corrected chi connectivity index (χ2v) is 8.03. The number of methoxy groups -OCH3 is 2. The third-order valence-electron chi connectivity index (χ3n) is 5.86. The number of esters is 1. The molecule has 0 saturated carbocycles. The van der Waals surface area contributed by atoms with Crippen LogP contribution < -0.4 is 15.4 Å². The fourth-order valence-electron chi connectivity index (χ4n) is 4.23. The molecule has 5 heteroatoms. The zero-order valence-corrected chi connectivity index (χ0v) is 17.9. The molecule has 1 heterocycles. The van der Waals surface area contributed by atoms with Crippen molar-refractivity contribution >= 4 is 5.97 Å². The van der Waals surface area contributed by atoms with Crippen LogP contribution in [-0.2, 0) is 16.1 Å². The number of rotatable bonds is 7. The molecule has 1 aliphatic rings. The van der Waals surface area contributed by atoms with Crippen LogP contribution in [0.4, 0.5) is 0 Å². The maximum atomic E-state index is 12.6. The molecular weight excluding hydrogens is 364 g/mol. The molecule has 0 radical (unpaired) electrons. The zero-order chi connectivity index (χ0) is 21.0. The Hall–Kier alpha value is -2.37. The van der Waals surface area contributed by atoms with Gasteiger partial charge in [-0.1, -0.05) is 56.3 Å². The fourth-order valence-corrected chi connectivity index (χ4v) is 4.23. The van der Waals surface area contributed by atoms with Crippen molar-refractivity contribution in [1.29, 1.82) is 0 Å².